The minimum atomic E-state index is -0.602. The molecule has 1 aliphatic rings. The maximum absolute atomic E-state index is 11.5. The fraction of sp³-hybridized carbons (Fsp3) is 0.364. The number of benzene rings is 1. The number of aromatic nitrogens is 3. The van der Waals surface area contributed by atoms with E-state index in [4.69, 9.17) is 21.1 Å². The van der Waals surface area contributed by atoms with E-state index in [1.807, 2.05) is 30.3 Å². The molecule has 0 radical (unpaired) electrons. The molecule has 2 aromatic heterocycles. The summed E-state index contributed by atoms with van der Waals surface area (Å²) in [5.41, 5.74) is 1.79. The average Bonchev–Trinajstić information content (AvgIpc) is 2.79. The molecule has 0 bridgehead atoms. The summed E-state index contributed by atoms with van der Waals surface area (Å²) in [6.07, 6.45) is 4.24. The summed E-state index contributed by atoms with van der Waals surface area (Å²) in [5, 5.41) is 4.82. The molecule has 1 N–H and O–H groups in total. The summed E-state index contributed by atoms with van der Waals surface area (Å²) < 4.78 is 10.2. The lowest BCUT2D eigenvalue weighted by molar-refractivity contribution is 0.0183. The van der Waals surface area contributed by atoms with Crippen LogP contribution in [0.3, 0.4) is 0 Å². The van der Waals surface area contributed by atoms with E-state index in [1.54, 1.807) is 19.3 Å². The Morgan fingerprint density at radius 1 is 1.23 bits per heavy atom. The third kappa shape index (κ3) is 5.14. The molecule has 0 saturated carbocycles. The number of hydrogen-bond donors (Lipinski definition) is 1. The quantitative estimate of drug-likeness (QED) is 0.562. The van der Waals surface area contributed by atoms with Crippen LogP contribution in [0.1, 0.15) is 25.3 Å². The number of rotatable bonds is 6. The number of carbonyl (C=O) groups excluding carboxylic acids is 1. The number of pyridine rings is 1. The van der Waals surface area contributed by atoms with Gasteiger partial charge in [-0.25, -0.2) is 19.7 Å². The molecule has 9 heteroatoms. The molecule has 0 atom stereocenters. The van der Waals surface area contributed by atoms with Gasteiger partial charge in [0.25, 0.3) is 0 Å². The van der Waals surface area contributed by atoms with Crippen molar-refractivity contribution < 1.29 is 14.3 Å². The molecule has 1 saturated heterocycles. The number of piperidine rings is 1. The van der Waals surface area contributed by atoms with Crippen molar-refractivity contribution >= 4 is 40.4 Å². The summed E-state index contributed by atoms with van der Waals surface area (Å²) in [7, 11) is 0. The van der Waals surface area contributed by atoms with Crippen molar-refractivity contribution in [2.45, 2.75) is 32.4 Å². The van der Waals surface area contributed by atoms with Crippen LogP contribution in [0.15, 0.2) is 42.7 Å². The highest BCUT2D eigenvalue weighted by atomic mass is 35.5. The predicted molar refractivity (Wildman–Crippen MR) is 119 cm³/mol. The van der Waals surface area contributed by atoms with Crippen molar-refractivity contribution in [1.29, 1.82) is 0 Å². The van der Waals surface area contributed by atoms with Crippen molar-refractivity contribution in [3.05, 3.63) is 53.3 Å². The highest BCUT2D eigenvalue weighted by molar-refractivity contribution is 6.31. The standard InChI is InChI=1S/C22H24ClN5O3/c1-2-30-22(29)31-16-8-11-28(12-9-16)20-17-14-26-21(27-19(17)7-10-24-20)25-13-15-5-3-4-6-18(15)23/h3-7,10,14,16H,2,8-9,11-13H2,1H3,(H,25,26,27). The third-order valence-electron chi connectivity index (χ3n) is 5.15. The van der Waals surface area contributed by atoms with E-state index in [0.717, 1.165) is 48.2 Å². The van der Waals surface area contributed by atoms with Crippen LogP contribution in [-0.2, 0) is 16.0 Å². The van der Waals surface area contributed by atoms with Gasteiger partial charge in [-0.1, -0.05) is 29.8 Å². The maximum Gasteiger partial charge on any atom is 0.508 e. The zero-order valence-corrected chi connectivity index (χ0v) is 18.0. The second-order valence-corrected chi connectivity index (χ2v) is 7.60. The minimum absolute atomic E-state index is 0.137. The Morgan fingerprint density at radius 2 is 2.03 bits per heavy atom. The van der Waals surface area contributed by atoms with Crippen LogP contribution in [0.2, 0.25) is 5.02 Å². The lowest BCUT2D eigenvalue weighted by Crippen LogP contribution is -2.38. The van der Waals surface area contributed by atoms with Gasteiger partial charge in [0.2, 0.25) is 5.95 Å². The van der Waals surface area contributed by atoms with Gasteiger partial charge in [-0.2, -0.15) is 0 Å². The molecule has 0 aliphatic carbocycles. The van der Waals surface area contributed by atoms with Crippen molar-refractivity contribution in [2.75, 3.05) is 29.9 Å². The van der Waals surface area contributed by atoms with Crippen LogP contribution in [0.5, 0.6) is 0 Å². The van der Waals surface area contributed by atoms with E-state index in [2.05, 4.69) is 25.2 Å². The Bertz CT molecular complexity index is 1060. The highest BCUT2D eigenvalue weighted by Gasteiger charge is 2.24. The van der Waals surface area contributed by atoms with Gasteiger partial charge in [-0.05, 0) is 24.6 Å². The van der Waals surface area contributed by atoms with Gasteiger partial charge >= 0.3 is 6.16 Å². The van der Waals surface area contributed by atoms with Gasteiger partial charge in [0, 0.05) is 49.9 Å². The van der Waals surface area contributed by atoms with Gasteiger partial charge in [-0.15, -0.1) is 0 Å². The van der Waals surface area contributed by atoms with Crippen LogP contribution >= 0.6 is 11.6 Å². The summed E-state index contributed by atoms with van der Waals surface area (Å²) in [6.45, 7) is 4.06. The number of anilines is 2. The number of nitrogens with one attached hydrogen (secondary N) is 1. The minimum Gasteiger partial charge on any atom is -0.435 e. The molecule has 0 spiro atoms. The fourth-order valence-corrected chi connectivity index (χ4v) is 3.77. The average molecular weight is 442 g/mol. The first-order valence-electron chi connectivity index (χ1n) is 10.3. The first kappa shape index (κ1) is 21.1. The molecule has 3 aromatic rings. The Hall–Kier alpha value is -3.13. The second kappa shape index (κ2) is 9.78. The number of hydrogen-bond acceptors (Lipinski definition) is 8. The Labute approximate surface area is 185 Å². The van der Waals surface area contributed by atoms with Crippen LogP contribution in [0.25, 0.3) is 10.9 Å². The fourth-order valence-electron chi connectivity index (χ4n) is 3.57. The van der Waals surface area contributed by atoms with Crippen LogP contribution in [0, 0.1) is 0 Å². The van der Waals surface area contributed by atoms with Crippen LogP contribution in [0.4, 0.5) is 16.6 Å². The predicted octanol–water partition coefficient (Wildman–Crippen LogP) is 4.43. The van der Waals surface area contributed by atoms with Gasteiger partial charge < -0.3 is 19.7 Å². The molecule has 3 heterocycles. The smallest absolute Gasteiger partial charge is 0.435 e. The van der Waals surface area contributed by atoms with E-state index in [1.165, 1.54) is 0 Å². The topological polar surface area (TPSA) is 89.5 Å². The Morgan fingerprint density at radius 3 is 2.81 bits per heavy atom. The number of carbonyl (C=O) groups is 1. The molecule has 0 amide bonds. The largest absolute Gasteiger partial charge is 0.508 e. The molecule has 1 fully saturated rings. The number of halogens is 1. The summed E-state index contributed by atoms with van der Waals surface area (Å²) in [6, 6.07) is 9.55. The molecule has 1 aromatic carbocycles. The molecule has 8 nitrogen and oxygen atoms in total. The van der Waals surface area contributed by atoms with Crippen LogP contribution in [-0.4, -0.2) is 46.9 Å². The first-order chi connectivity index (χ1) is 15.1. The normalized spacial score (nSPS) is 14.5. The molecular formula is C22H24ClN5O3. The Kier molecular flexibility index (Phi) is 6.66. The van der Waals surface area contributed by atoms with Crippen molar-refractivity contribution in [2.24, 2.45) is 0 Å². The monoisotopic (exact) mass is 441 g/mol. The van der Waals surface area contributed by atoms with E-state index in [9.17, 15) is 4.79 Å². The van der Waals surface area contributed by atoms with E-state index in [-0.39, 0.29) is 6.10 Å². The molecule has 162 valence electrons. The molecular weight excluding hydrogens is 418 g/mol. The van der Waals surface area contributed by atoms with Gasteiger partial charge in [0.05, 0.1) is 17.5 Å². The SMILES string of the molecule is CCOC(=O)OC1CCN(c2nccc3nc(NCc4ccccc4Cl)ncc23)CC1. The van der Waals surface area contributed by atoms with E-state index in [0.29, 0.717) is 24.1 Å². The number of ether oxygens (including phenoxy) is 2. The van der Waals surface area contributed by atoms with Crippen molar-refractivity contribution in [1.82, 2.24) is 15.0 Å². The van der Waals surface area contributed by atoms with E-state index < -0.39 is 6.16 Å². The summed E-state index contributed by atoms with van der Waals surface area (Å²) >= 11 is 6.22. The van der Waals surface area contributed by atoms with Crippen LogP contribution < -0.4 is 10.2 Å². The highest BCUT2D eigenvalue weighted by Crippen LogP contribution is 2.27. The maximum atomic E-state index is 11.5. The zero-order chi connectivity index (χ0) is 21.6. The summed E-state index contributed by atoms with van der Waals surface area (Å²) in [5.74, 6) is 1.37. The molecule has 0 unspecified atom stereocenters. The zero-order valence-electron chi connectivity index (χ0n) is 17.3. The molecule has 31 heavy (non-hydrogen) atoms. The first-order valence-corrected chi connectivity index (χ1v) is 10.7. The molecule has 4 rings (SSSR count). The number of nitrogens with zero attached hydrogens (tertiary/aromatic N) is 4. The van der Waals surface area contributed by atoms with Crippen molar-refractivity contribution in [3.63, 3.8) is 0 Å². The lowest BCUT2D eigenvalue weighted by Gasteiger charge is -2.32. The van der Waals surface area contributed by atoms with Gasteiger partial charge in [-0.3, -0.25) is 0 Å². The third-order valence-corrected chi connectivity index (χ3v) is 5.52. The second-order valence-electron chi connectivity index (χ2n) is 7.19. The molecule has 1 aliphatic heterocycles. The van der Waals surface area contributed by atoms with Crippen molar-refractivity contribution in [3.8, 4) is 0 Å². The number of fused-ring (bicyclic) bond motifs is 1. The lowest BCUT2D eigenvalue weighted by atomic mass is 10.1. The summed E-state index contributed by atoms with van der Waals surface area (Å²) in [4.78, 5) is 27.4. The van der Waals surface area contributed by atoms with Gasteiger partial charge in [0.15, 0.2) is 0 Å². The Balaban J connectivity index is 1.43. The van der Waals surface area contributed by atoms with Gasteiger partial charge in [0.1, 0.15) is 11.9 Å². The van der Waals surface area contributed by atoms with E-state index >= 15 is 0 Å².